The van der Waals surface area contributed by atoms with Crippen LogP contribution in [0.4, 0.5) is 5.82 Å². The van der Waals surface area contributed by atoms with Crippen molar-refractivity contribution in [3.63, 3.8) is 0 Å². The van der Waals surface area contributed by atoms with E-state index in [1.807, 2.05) is 0 Å². The maximum atomic E-state index is 10.00. The number of aromatic amines is 1. The van der Waals surface area contributed by atoms with Crippen molar-refractivity contribution in [3.8, 4) is 0 Å². The van der Waals surface area contributed by atoms with Crippen LogP contribution in [0.1, 0.15) is 5.69 Å². The zero-order chi connectivity index (χ0) is 6.85. The molecule has 1 aromatic heterocycles. The number of nitrogens with zero attached hydrogens (tertiary/aromatic N) is 2. The molecule has 0 fully saturated rings. The Morgan fingerprint density at radius 3 is 2.78 bits per heavy atom. The van der Waals surface area contributed by atoms with E-state index in [0.717, 1.165) is 0 Å². The van der Waals surface area contributed by atoms with Gasteiger partial charge in [0.15, 0.2) is 0 Å². The Morgan fingerprint density at radius 1 is 1.89 bits per heavy atom. The molecular weight excluding hydrogens is 122 g/mol. The predicted octanol–water partition coefficient (Wildman–Crippen LogP) is 0.427. The Labute approximate surface area is 50.9 Å². The number of nitrogens with one attached hydrogen (secondary N) is 1. The van der Waals surface area contributed by atoms with Crippen molar-refractivity contribution in [3.05, 3.63) is 22.1 Å². The van der Waals surface area contributed by atoms with E-state index in [1.165, 1.54) is 0 Å². The first-order chi connectivity index (χ1) is 4.22. The molecule has 0 atom stereocenters. The smallest absolute Gasteiger partial charge is 0.344 e. The molecule has 0 saturated heterocycles. The first kappa shape index (κ1) is 5.74. The van der Waals surface area contributed by atoms with Crippen molar-refractivity contribution in [1.29, 1.82) is 0 Å². The lowest BCUT2D eigenvalue weighted by Gasteiger charge is -1.87. The SMILES string of the molecule is Cc1n[c][nH]c1[N+](=O)[O-]. The lowest BCUT2D eigenvalue weighted by Crippen LogP contribution is -1.89. The van der Waals surface area contributed by atoms with Crippen molar-refractivity contribution in [2.75, 3.05) is 0 Å². The third-order valence-corrected chi connectivity index (χ3v) is 0.923. The number of aryl methyl sites for hydroxylation is 1. The summed E-state index contributed by atoms with van der Waals surface area (Å²) in [6.45, 7) is 1.55. The number of rotatable bonds is 1. The second-order valence-electron chi connectivity index (χ2n) is 1.54. The van der Waals surface area contributed by atoms with Gasteiger partial charge in [-0.15, -0.1) is 0 Å². The molecule has 0 aliphatic rings. The number of H-pyrrole nitrogens is 1. The van der Waals surface area contributed by atoms with Gasteiger partial charge in [-0.25, -0.2) is 9.97 Å². The average molecular weight is 126 g/mol. The minimum absolute atomic E-state index is 0.0880. The van der Waals surface area contributed by atoms with Gasteiger partial charge in [-0.2, -0.15) is 0 Å². The largest absolute Gasteiger partial charge is 0.358 e. The Hall–Kier alpha value is -1.39. The fourth-order valence-corrected chi connectivity index (χ4v) is 0.486. The number of aromatic nitrogens is 2. The molecule has 1 radical (unpaired) electrons. The van der Waals surface area contributed by atoms with Gasteiger partial charge in [0.05, 0.1) is 0 Å². The average Bonchev–Trinajstić information content (AvgIpc) is 2.13. The van der Waals surface area contributed by atoms with Gasteiger partial charge in [0.25, 0.3) is 6.33 Å². The lowest BCUT2D eigenvalue weighted by atomic mass is 10.5. The van der Waals surface area contributed by atoms with E-state index in [-0.39, 0.29) is 5.82 Å². The first-order valence-corrected chi connectivity index (χ1v) is 2.29. The first-order valence-electron chi connectivity index (χ1n) is 2.29. The fraction of sp³-hybridized carbons (Fsp3) is 0.250. The molecule has 0 spiro atoms. The maximum absolute atomic E-state index is 10.00. The highest BCUT2D eigenvalue weighted by molar-refractivity contribution is 5.22. The predicted molar refractivity (Wildman–Crippen MR) is 28.8 cm³/mol. The van der Waals surface area contributed by atoms with Crippen LogP contribution in [0.3, 0.4) is 0 Å². The zero-order valence-corrected chi connectivity index (χ0v) is 4.71. The van der Waals surface area contributed by atoms with Crippen LogP contribution in [-0.2, 0) is 0 Å². The van der Waals surface area contributed by atoms with E-state index in [9.17, 15) is 10.1 Å². The molecule has 1 rings (SSSR count). The van der Waals surface area contributed by atoms with E-state index in [2.05, 4.69) is 16.3 Å². The molecule has 1 heterocycles. The van der Waals surface area contributed by atoms with Gasteiger partial charge in [-0.05, 0) is 11.8 Å². The van der Waals surface area contributed by atoms with Crippen LogP contribution in [0.2, 0.25) is 0 Å². The van der Waals surface area contributed by atoms with E-state index in [1.54, 1.807) is 6.92 Å². The van der Waals surface area contributed by atoms with E-state index in [0.29, 0.717) is 5.69 Å². The summed E-state index contributed by atoms with van der Waals surface area (Å²) in [5.74, 6) is -0.0880. The van der Waals surface area contributed by atoms with Gasteiger partial charge < -0.3 is 10.1 Å². The zero-order valence-electron chi connectivity index (χ0n) is 4.71. The van der Waals surface area contributed by atoms with Gasteiger partial charge in [0.2, 0.25) is 0 Å². The molecule has 9 heavy (non-hydrogen) atoms. The van der Waals surface area contributed by atoms with Crippen molar-refractivity contribution in [2.24, 2.45) is 0 Å². The molecular formula is C4H4N3O2. The van der Waals surface area contributed by atoms with Crippen molar-refractivity contribution in [1.82, 2.24) is 9.97 Å². The van der Waals surface area contributed by atoms with Crippen LogP contribution >= 0.6 is 0 Å². The summed E-state index contributed by atoms with van der Waals surface area (Å²) in [5.41, 5.74) is 0.361. The summed E-state index contributed by atoms with van der Waals surface area (Å²) in [4.78, 5) is 15.3. The number of hydrogen-bond acceptors (Lipinski definition) is 3. The summed E-state index contributed by atoms with van der Waals surface area (Å²) in [6, 6.07) is 0. The number of nitro groups is 1. The molecule has 0 aromatic carbocycles. The quantitative estimate of drug-likeness (QED) is 0.438. The minimum Gasteiger partial charge on any atom is -0.358 e. The molecule has 0 aliphatic heterocycles. The van der Waals surface area contributed by atoms with Crippen LogP contribution in [-0.4, -0.2) is 14.9 Å². The normalized spacial score (nSPS) is 9.44. The van der Waals surface area contributed by atoms with Crippen molar-refractivity contribution < 1.29 is 4.92 Å². The van der Waals surface area contributed by atoms with E-state index in [4.69, 9.17) is 0 Å². The molecule has 5 heteroatoms. The lowest BCUT2D eigenvalue weighted by molar-refractivity contribution is -0.389. The summed E-state index contributed by atoms with van der Waals surface area (Å²) in [5, 5.41) is 10.00. The highest BCUT2D eigenvalue weighted by Gasteiger charge is 2.09. The van der Waals surface area contributed by atoms with Crippen molar-refractivity contribution in [2.45, 2.75) is 6.92 Å². The van der Waals surface area contributed by atoms with Gasteiger partial charge in [0.1, 0.15) is 5.69 Å². The Balaban J connectivity index is 3.08. The van der Waals surface area contributed by atoms with Gasteiger partial charge in [-0.3, -0.25) is 0 Å². The van der Waals surface area contributed by atoms with Gasteiger partial charge in [-0.1, -0.05) is 0 Å². The highest BCUT2D eigenvalue weighted by atomic mass is 16.6. The molecule has 47 valence electrons. The second kappa shape index (κ2) is 1.85. The number of hydrogen-bond donors (Lipinski definition) is 1. The van der Waals surface area contributed by atoms with Crippen LogP contribution in [0, 0.1) is 23.4 Å². The summed E-state index contributed by atoms with van der Waals surface area (Å²) < 4.78 is 0. The minimum atomic E-state index is -0.529. The van der Waals surface area contributed by atoms with Crippen LogP contribution in [0.15, 0.2) is 0 Å². The molecule has 1 aromatic rings. The third-order valence-electron chi connectivity index (χ3n) is 0.923. The van der Waals surface area contributed by atoms with E-state index >= 15 is 0 Å². The van der Waals surface area contributed by atoms with Gasteiger partial charge in [0, 0.05) is 0 Å². The second-order valence-corrected chi connectivity index (χ2v) is 1.54. The summed E-state index contributed by atoms with van der Waals surface area (Å²) in [7, 11) is 0. The third kappa shape index (κ3) is 0.883. The monoisotopic (exact) mass is 126 g/mol. The maximum Gasteiger partial charge on any atom is 0.344 e. The molecule has 0 bridgehead atoms. The highest BCUT2D eigenvalue weighted by Crippen LogP contribution is 2.08. The van der Waals surface area contributed by atoms with Crippen LogP contribution in [0.5, 0.6) is 0 Å². The van der Waals surface area contributed by atoms with Crippen LogP contribution in [0.25, 0.3) is 0 Å². The Bertz CT molecular complexity index is 229. The number of imidazole rings is 1. The molecule has 0 amide bonds. The molecule has 5 nitrogen and oxygen atoms in total. The Kier molecular flexibility index (Phi) is 1.18. The molecule has 0 unspecified atom stereocenters. The molecule has 0 aliphatic carbocycles. The van der Waals surface area contributed by atoms with Crippen LogP contribution < -0.4 is 0 Å². The van der Waals surface area contributed by atoms with Crippen molar-refractivity contribution >= 4 is 5.82 Å². The topological polar surface area (TPSA) is 71.8 Å². The van der Waals surface area contributed by atoms with E-state index < -0.39 is 4.92 Å². The standard InChI is InChI=1S/C4H4N3O2/c1-3-4(7(8)9)6-2-5-3/h1H3,(H,5,6). The fourth-order valence-electron chi connectivity index (χ4n) is 0.486. The summed E-state index contributed by atoms with van der Waals surface area (Å²) >= 11 is 0. The molecule has 1 N–H and O–H groups in total. The summed E-state index contributed by atoms with van der Waals surface area (Å²) in [6.07, 6.45) is 2.26. The van der Waals surface area contributed by atoms with Gasteiger partial charge >= 0.3 is 5.82 Å². The Morgan fingerprint density at radius 2 is 2.56 bits per heavy atom. The molecule has 0 saturated carbocycles.